The van der Waals surface area contributed by atoms with E-state index < -0.39 is 12.6 Å². The van der Waals surface area contributed by atoms with Gasteiger partial charge in [0, 0.05) is 0 Å². The Hall–Kier alpha value is -5.39. The normalized spacial score (nSPS) is 12.1. The van der Waals surface area contributed by atoms with Crippen molar-refractivity contribution < 1.29 is 28.5 Å². The van der Waals surface area contributed by atoms with Gasteiger partial charge in [0.05, 0.1) is 0 Å². The van der Waals surface area contributed by atoms with E-state index >= 15 is 0 Å². The van der Waals surface area contributed by atoms with Crippen LogP contribution in [0, 0.1) is 0 Å². The molecule has 51 heavy (non-hydrogen) atoms. The van der Waals surface area contributed by atoms with E-state index in [9.17, 15) is 4.79 Å². The summed E-state index contributed by atoms with van der Waals surface area (Å²) in [5.74, 6) is 1.75. The average Bonchev–Trinajstić information content (AvgIpc) is 3.18. The van der Waals surface area contributed by atoms with Gasteiger partial charge in [0.2, 0.25) is 0 Å². The molecule has 0 fully saturated rings. The number of benzene rings is 5. The monoisotopic (exact) mass is 701 g/mol. The Kier molecular flexibility index (Phi) is 10.3. The van der Waals surface area contributed by atoms with Crippen LogP contribution in [0.3, 0.4) is 0 Å². The average molecular weight is 702 g/mol. The molecule has 0 N–H and O–H groups in total. The first kappa shape index (κ1) is 35.4. The van der Waals surface area contributed by atoms with Crippen molar-refractivity contribution in [3.8, 4) is 34.1 Å². The van der Waals surface area contributed by atoms with Gasteiger partial charge in [-0.15, -0.1) is 0 Å². The van der Waals surface area contributed by atoms with Gasteiger partial charge in [0.1, 0.15) is 0 Å². The van der Waals surface area contributed by atoms with Gasteiger partial charge in [-0.25, -0.2) is 0 Å². The quantitative estimate of drug-likeness (QED) is 0.0904. The third kappa shape index (κ3) is 5.96. The maximum atomic E-state index is 14.9. The number of nitrogens with zero attached hydrogens (tertiary/aromatic N) is 1. The van der Waals surface area contributed by atoms with E-state index in [1.165, 1.54) is 0 Å². The Bertz CT molecular complexity index is 2060. The summed E-state index contributed by atoms with van der Waals surface area (Å²) in [5.41, 5.74) is 3.03. The van der Waals surface area contributed by atoms with Crippen molar-refractivity contribution in [2.45, 2.75) is 20.8 Å². The molecule has 0 aliphatic carbocycles. The van der Waals surface area contributed by atoms with E-state index in [4.69, 9.17) is 28.7 Å². The number of esters is 1. The number of carbonyl (C=O) groups is 1. The van der Waals surface area contributed by atoms with Gasteiger partial charge in [-0.05, 0) is 0 Å². The number of hydrogen-bond acceptors (Lipinski definition) is 7. The molecule has 0 unspecified atom stereocenters. The SMILES string of the molecule is CCOC(=O)c1c(P(C)(c2ccccc2)(c2ccccc2)c2ccccc2)nc2cc(OCC)c(OCC)cc2c1-c1ccc(OC)c(OC)c1. The molecule has 0 radical (unpaired) electrons. The summed E-state index contributed by atoms with van der Waals surface area (Å²) in [4.78, 5) is 20.5. The Labute approximate surface area is 300 Å². The molecule has 0 saturated heterocycles. The molecule has 8 heteroatoms. The first-order valence-electron chi connectivity index (χ1n) is 17.2. The molecule has 7 nitrogen and oxygen atoms in total. The van der Waals surface area contributed by atoms with Crippen LogP contribution in [-0.2, 0) is 4.74 Å². The van der Waals surface area contributed by atoms with Gasteiger partial charge in [0.25, 0.3) is 0 Å². The number of aromatic nitrogens is 1. The van der Waals surface area contributed by atoms with Gasteiger partial charge in [-0.3, -0.25) is 0 Å². The molecule has 0 amide bonds. The van der Waals surface area contributed by atoms with Crippen LogP contribution in [0.5, 0.6) is 23.0 Å². The Balaban J connectivity index is 1.95. The predicted octanol–water partition coefficient (Wildman–Crippen LogP) is 7.68. The minimum absolute atomic E-state index is 0.177. The van der Waals surface area contributed by atoms with E-state index in [0.717, 1.165) is 21.5 Å². The topological polar surface area (TPSA) is 76.1 Å². The van der Waals surface area contributed by atoms with Crippen LogP contribution in [0.2, 0.25) is 0 Å². The zero-order chi connectivity index (χ0) is 36.0. The Morgan fingerprint density at radius 1 is 0.608 bits per heavy atom. The first-order valence-corrected chi connectivity index (χ1v) is 19.9. The summed E-state index contributed by atoms with van der Waals surface area (Å²) >= 11 is 0. The van der Waals surface area contributed by atoms with E-state index in [0.29, 0.717) is 63.7 Å². The van der Waals surface area contributed by atoms with Crippen LogP contribution in [0.15, 0.2) is 121 Å². The van der Waals surface area contributed by atoms with Crippen molar-refractivity contribution in [2.75, 3.05) is 40.7 Å². The molecule has 6 aromatic rings. The summed E-state index contributed by atoms with van der Waals surface area (Å²) in [6.45, 7) is 5.12. The van der Waals surface area contributed by atoms with Crippen molar-refractivity contribution in [3.63, 3.8) is 0 Å². The zero-order valence-corrected chi connectivity index (χ0v) is 30.9. The standard InChI is InChI=1S/C43H44NO6P/c1-7-48-38-28-34-35(29-39(38)49-8-2)44-42(41(43(45)50-9-3)40(34)30-25-26-36(46-4)37(27-30)47-5)51(6,31-19-13-10-14-20-31,32-21-15-11-16-22-32)33-23-17-12-18-24-33/h10-29H,7-9H2,1-6H3. The Morgan fingerprint density at radius 2 is 1.12 bits per heavy atom. The number of pyridine rings is 1. The Morgan fingerprint density at radius 3 is 1.59 bits per heavy atom. The fourth-order valence-electron chi connectivity index (χ4n) is 7.10. The molecule has 0 bridgehead atoms. The van der Waals surface area contributed by atoms with Crippen LogP contribution < -0.4 is 40.3 Å². The van der Waals surface area contributed by atoms with Crippen LogP contribution in [0.1, 0.15) is 31.1 Å². The summed E-state index contributed by atoms with van der Waals surface area (Å²) in [7, 11) is 3.20. The van der Waals surface area contributed by atoms with Crippen LogP contribution in [-0.4, -0.2) is 51.7 Å². The van der Waals surface area contributed by atoms with Gasteiger partial charge in [-0.2, -0.15) is 0 Å². The molecule has 6 rings (SSSR count). The second-order valence-corrected chi connectivity index (χ2v) is 17.3. The van der Waals surface area contributed by atoms with Gasteiger partial charge < -0.3 is 0 Å². The second kappa shape index (κ2) is 14.8. The maximum absolute atomic E-state index is 14.9. The summed E-state index contributed by atoms with van der Waals surface area (Å²) in [5, 5.41) is 3.85. The van der Waals surface area contributed by atoms with E-state index in [1.54, 1.807) is 14.2 Å². The van der Waals surface area contributed by atoms with Crippen molar-refractivity contribution in [1.82, 2.24) is 4.98 Å². The number of fused-ring (bicyclic) bond motifs is 1. The fraction of sp³-hybridized carbons (Fsp3) is 0.209. The molecule has 0 spiro atoms. The summed E-state index contributed by atoms with van der Waals surface area (Å²) < 4.78 is 29.7. The fourth-order valence-corrected chi connectivity index (χ4v) is 12.6. The molecule has 1 aromatic heterocycles. The third-order valence-electron chi connectivity index (χ3n) is 9.52. The summed E-state index contributed by atoms with van der Waals surface area (Å²) in [6.07, 6.45) is 0. The van der Waals surface area contributed by atoms with Crippen LogP contribution in [0.25, 0.3) is 22.0 Å². The van der Waals surface area contributed by atoms with Gasteiger partial charge in [-0.1, -0.05) is 0 Å². The molecule has 5 aromatic carbocycles. The number of carbonyl (C=O) groups excluding carboxylic acids is 1. The number of hydrogen-bond donors (Lipinski definition) is 0. The van der Waals surface area contributed by atoms with E-state index in [2.05, 4.69) is 43.1 Å². The molecule has 0 saturated carbocycles. The van der Waals surface area contributed by atoms with Crippen molar-refractivity contribution >= 4 is 44.8 Å². The number of rotatable bonds is 13. The molecular formula is C43H44NO6P. The van der Waals surface area contributed by atoms with E-state index in [1.807, 2.05) is 106 Å². The van der Waals surface area contributed by atoms with Gasteiger partial charge in [0.15, 0.2) is 0 Å². The van der Waals surface area contributed by atoms with E-state index in [-0.39, 0.29) is 6.61 Å². The van der Waals surface area contributed by atoms with Crippen LogP contribution >= 0.6 is 6.60 Å². The number of ether oxygens (including phenoxy) is 5. The second-order valence-electron chi connectivity index (χ2n) is 12.2. The third-order valence-corrected chi connectivity index (χ3v) is 15.7. The molecule has 0 atom stereocenters. The predicted molar refractivity (Wildman–Crippen MR) is 209 cm³/mol. The molecule has 1 heterocycles. The minimum atomic E-state index is -3.91. The first-order chi connectivity index (χ1) is 24.8. The molecule has 0 aliphatic rings. The van der Waals surface area contributed by atoms with Crippen molar-refractivity contribution in [2.24, 2.45) is 0 Å². The van der Waals surface area contributed by atoms with Crippen molar-refractivity contribution in [1.29, 1.82) is 0 Å². The summed E-state index contributed by atoms with van der Waals surface area (Å²) in [6, 6.07) is 40.8. The van der Waals surface area contributed by atoms with Gasteiger partial charge >= 0.3 is 301 Å². The molecule has 0 aliphatic heterocycles. The molecular weight excluding hydrogens is 657 g/mol. The van der Waals surface area contributed by atoms with Crippen LogP contribution in [0.4, 0.5) is 0 Å². The number of methoxy groups -OCH3 is 2. The molecule has 262 valence electrons. The van der Waals surface area contributed by atoms with Crippen molar-refractivity contribution in [3.05, 3.63) is 127 Å². The zero-order valence-electron chi connectivity index (χ0n) is 30.0.